The van der Waals surface area contributed by atoms with Crippen LogP contribution in [0.15, 0.2) is 54.9 Å². The quantitative estimate of drug-likeness (QED) is 0.452. The second-order valence-electron chi connectivity index (χ2n) is 7.54. The second-order valence-corrected chi connectivity index (χ2v) is 7.54. The molecule has 0 saturated carbocycles. The Labute approximate surface area is 191 Å². The highest BCUT2D eigenvalue weighted by Crippen LogP contribution is 2.32. The summed E-state index contributed by atoms with van der Waals surface area (Å²) in [4.78, 5) is 19.1. The number of aromatic amines is 1. The smallest absolute Gasteiger partial charge is 0.254 e. The van der Waals surface area contributed by atoms with Crippen molar-refractivity contribution in [3.63, 3.8) is 0 Å². The van der Waals surface area contributed by atoms with Gasteiger partial charge in [0.2, 0.25) is 0 Å². The van der Waals surface area contributed by atoms with Crippen LogP contribution in [0, 0.1) is 11.3 Å². The fourth-order valence-corrected chi connectivity index (χ4v) is 3.76. The molecule has 2 aromatic carbocycles. The highest BCUT2D eigenvalue weighted by atomic mass is 16.5. The first-order valence-electron chi connectivity index (χ1n) is 10.5. The Balaban J connectivity index is 1.62. The predicted octanol–water partition coefficient (Wildman–Crippen LogP) is 3.66. The molecule has 0 unspecified atom stereocenters. The van der Waals surface area contributed by atoms with Gasteiger partial charge in [-0.2, -0.15) is 10.4 Å². The summed E-state index contributed by atoms with van der Waals surface area (Å²) in [6.45, 7) is 2.45. The van der Waals surface area contributed by atoms with Gasteiger partial charge < -0.3 is 14.7 Å². The first kappa shape index (κ1) is 22.0. The number of hydrogen-bond acceptors (Lipinski definition) is 6. The zero-order valence-corrected chi connectivity index (χ0v) is 18.4. The lowest BCUT2D eigenvalue weighted by Gasteiger charge is -2.19. The number of pyridine rings is 1. The number of nitrogens with one attached hydrogen (secondary N) is 1. The number of aromatic nitrogens is 3. The van der Waals surface area contributed by atoms with E-state index in [1.807, 2.05) is 25.1 Å². The van der Waals surface area contributed by atoms with Crippen molar-refractivity contribution in [3.05, 3.63) is 77.2 Å². The van der Waals surface area contributed by atoms with Gasteiger partial charge in [0.15, 0.2) is 0 Å². The van der Waals surface area contributed by atoms with Gasteiger partial charge in [-0.1, -0.05) is 12.1 Å². The van der Waals surface area contributed by atoms with Crippen LogP contribution in [-0.2, 0) is 13.2 Å². The van der Waals surface area contributed by atoms with Crippen LogP contribution in [0.1, 0.15) is 34.1 Å². The van der Waals surface area contributed by atoms with E-state index in [2.05, 4.69) is 21.3 Å². The van der Waals surface area contributed by atoms with E-state index in [0.717, 1.165) is 27.6 Å². The summed E-state index contributed by atoms with van der Waals surface area (Å²) >= 11 is 0. The molecule has 8 nitrogen and oxygen atoms in total. The third kappa shape index (κ3) is 4.40. The summed E-state index contributed by atoms with van der Waals surface area (Å²) in [6.07, 6.45) is 3.26. The molecule has 2 N–H and O–H groups in total. The number of carbonyl (C=O) groups is 1. The van der Waals surface area contributed by atoms with Gasteiger partial charge >= 0.3 is 0 Å². The number of rotatable bonds is 7. The summed E-state index contributed by atoms with van der Waals surface area (Å²) in [5.41, 5.74) is 4.79. The molecule has 0 saturated heterocycles. The van der Waals surface area contributed by atoms with Gasteiger partial charge in [-0.3, -0.25) is 14.9 Å². The predicted molar refractivity (Wildman–Crippen MR) is 123 cm³/mol. The van der Waals surface area contributed by atoms with Gasteiger partial charge in [0.05, 0.1) is 42.3 Å². The van der Waals surface area contributed by atoms with Gasteiger partial charge in [-0.05, 0) is 42.8 Å². The number of amides is 1. The minimum atomic E-state index is -0.186. The minimum absolute atomic E-state index is 0.174. The number of aliphatic hydroxyl groups is 1. The Bertz CT molecular complexity index is 1360. The van der Waals surface area contributed by atoms with Crippen LogP contribution in [0.5, 0.6) is 5.75 Å². The average molecular weight is 441 g/mol. The number of H-pyrrole nitrogens is 1. The van der Waals surface area contributed by atoms with Crippen LogP contribution >= 0.6 is 0 Å². The van der Waals surface area contributed by atoms with Gasteiger partial charge in [-0.25, -0.2) is 0 Å². The highest BCUT2D eigenvalue weighted by molar-refractivity contribution is 5.96. The monoisotopic (exact) mass is 441 g/mol. The Morgan fingerprint density at radius 3 is 2.85 bits per heavy atom. The number of ether oxygens (including phenoxy) is 1. The van der Waals surface area contributed by atoms with Crippen LogP contribution in [0.4, 0.5) is 0 Å². The van der Waals surface area contributed by atoms with E-state index in [1.54, 1.807) is 48.6 Å². The molecule has 2 aromatic heterocycles. The maximum absolute atomic E-state index is 13.2. The second kappa shape index (κ2) is 9.51. The Hall–Kier alpha value is -4.22. The van der Waals surface area contributed by atoms with E-state index in [4.69, 9.17) is 4.74 Å². The number of hydrogen-bond donors (Lipinski definition) is 2. The van der Waals surface area contributed by atoms with Crippen molar-refractivity contribution in [2.45, 2.75) is 20.1 Å². The van der Waals surface area contributed by atoms with E-state index in [0.29, 0.717) is 35.7 Å². The number of benzene rings is 2. The molecule has 0 spiro atoms. The number of carbonyl (C=O) groups excluding carboxylic acids is 1. The molecule has 0 bridgehead atoms. The number of nitrogens with zero attached hydrogens (tertiary/aromatic N) is 4. The maximum atomic E-state index is 13.2. The normalized spacial score (nSPS) is 10.7. The van der Waals surface area contributed by atoms with Crippen LogP contribution in [-0.4, -0.2) is 44.7 Å². The first-order chi connectivity index (χ1) is 16.0. The van der Waals surface area contributed by atoms with Gasteiger partial charge in [0.25, 0.3) is 5.91 Å². The van der Waals surface area contributed by atoms with Crippen LogP contribution in [0.3, 0.4) is 0 Å². The van der Waals surface area contributed by atoms with Crippen LogP contribution in [0.2, 0.25) is 0 Å². The van der Waals surface area contributed by atoms with E-state index >= 15 is 0 Å². The Morgan fingerprint density at radius 1 is 1.24 bits per heavy atom. The zero-order valence-electron chi connectivity index (χ0n) is 18.4. The summed E-state index contributed by atoms with van der Waals surface area (Å²) in [6, 6.07) is 14.7. The summed E-state index contributed by atoms with van der Waals surface area (Å²) in [7, 11) is 1.72. The molecule has 1 amide bonds. The minimum Gasteiger partial charge on any atom is -0.493 e. The fourth-order valence-electron chi connectivity index (χ4n) is 3.76. The molecular weight excluding hydrogens is 418 g/mol. The topological polar surface area (TPSA) is 115 Å². The van der Waals surface area contributed by atoms with Gasteiger partial charge in [0.1, 0.15) is 5.75 Å². The van der Waals surface area contributed by atoms with Crippen molar-refractivity contribution in [2.75, 3.05) is 13.7 Å². The lowest BCUT2D eigenvalue weighted by Crippen LogP contribution is -2.26. The zero-order chi connectivity index (χ0) is 23.4. The molecule has 0 radical (unpaired) electrons. The molecule has 0 aliphatic heterocycles. The molecule has 4 rings (SSSR count). The Morgan fingerprint density at radius 2 is 2.09 bits per heavy atom. The van der Waals surface area contributed by atoms with E-state index in [-0.39, 0.29) is 12.5 Å². The van der Waals surface area contributed by atoms with E-state index in [1.165, 1.54) is 0 Å². The van der Waals surface area contributed by atoms with Crippen molar-refractivity contribution in [3.8, 4) is 22.9 Å². The SMILES string of the molecule is CCOc1cc(C(=O)N(C)Cc2cnc(CO)c3cn[nH]c23)ccc1-c1cccc(C#N)c1. The fraction of sp³-hybridized carbons (Fsp3) is 0.200. The van der Waals surface area contributed by atoms with Crippen molar-refractivity contribution in [2.24, 2.45) is 0 Å². The third-order valence-electron chi connectivity index (χ3n) is 5.38. The molecular formula is C25H23N5O3. The first-order valence-corrected chi connectivity index (χ1v) is 10.5. The lowest BCUT2D eigenvalue weighted by atomic mass is 10.0. The van der Waals surface area contributed by atoms with Crippen molar-refractivity contribution >= 4 is 16.8 Å². The number of nitriles is 1. The molecule has 0 aliphatic rings. The summed E-state index contributed by atoms with van der Waals surface area (Å²) < 4.78 is 5.83. The lowest BCUT2D eigenvalue weighted by molar-refractivity contribution is 0.0785. The molecule has 33 heavy (non-hydrogen) atoms. The van der Waals surface area contributed by atoms with Crippen LogP contribution in [0.25, 0.3) is 22.0 Å². The van der Waals surface area contributed by atoms with E-state index < -0.39 is 0 Å². The molecule has 2 heterocycles. The van der Waals surface area contributed by atoms with Crippen LogP contribution < -0.4 is 4.74 Å². The third-order valence-corrected chi connectivity index (χ3v) is 5.38. The van der Waals surface area contributed by atoms with Gasteiger partial charge in [0, 0.05) is 41.9 Å². The van der Waals surface area contributed by atoms with E-state index in [9.17, 15) is 15.2 Å². The average Bonchev–Trinajstić information content (AvgIpc) is 3.34. The molecule has 166 valence electrons. The largest absolute Gasteiger partial charge is 0.493 e. The molecule has 8 heteroatoms. The molecule has 4 aromatic rings. The molecule has 0 atom stereocenters. The molecule has 0 aliphatic carbocycles. The molecule has 0 fully saturated rings. The summed E-state index contributed by atoms with van der Waals surface area (Å²) in [5.74, 6) is 0.406. The highest BCUT2D eigenvalue weighted by Gasteiger charge is 2.18. The summed E-state index contributed by atoms with van der Waals surface area (Å²) in [5, 5.41) is 26.4. The number of fused-ring (bicyclic) bond motifs is 1. The Kier molecular flexibility index (Phi) is 6.33. The maximum Gasteiger partial charge on any atom is 0.254 e. The number of aliphatic hydroxyl groups excluding tert-OH is 1. The van der Waals surface area contributed by atoms with Crippen molar-refractivity contribution < 1.29 is 14.6 Å². The van der Waals surface area contributed by atoms with Crippen molar-refractivity contribution in [1.29, 1.82) is 5.26 Å². The standard InChI is InChI=1S/C25H23N5O3/c1-3-33-23-10-18(7-8-20(23)17-6-4-5-16(9-17)11-26)25(32)30(2)14-19-12-27-22(15-31)21-13-28-29-24(19)21/h4-10,12-13,31H,3,14-15H2,1-2H3,(H,28,29). The van der Waals surface area contributed by atoms with Crippen molar-refractivity contribution in [1.82, 2.24) is 20.1 Å². The van der Waals surface area contributed by atoms with Gasteiger partial charge in [-0.15, -0.1) is 0 Å².